The van der Waals surface area contributed by atoms with Crippen LogP contribution in [-0.4, -0.2) is 24.5 Å². The standard InChI is InChI=1S/C13H22N2S.ClH/c1-9-6-12(10(2)16-9)8-15(3)13(7-14)11-4-5-11;/h6,11,13H,4-5,7-8,14H2,1-3H3;1H. The van der Waals surface area contributed by atoms with Crippen LogP contribution < -0.4 is 5.73 Å². The molecule has 98 valence electrons. The van der Waals surface area contributed by atoms with E-state index >= 15 is 0 Å². The quantitative estimate of drug-likeness (QED) is 0.895. The lowest BCUT2D eigenvalue weighted by molar-refractivity contribution is 0.215. The molecule has 1 aromatic heterocycles. The van der Waals surface area contributed by atoms with Crippen molar-refractivity contribution in [3.63, 3.8) is 0 Å². The highest BCUT2D eigenvalue weighted by molar-refractivity contribution is 7.12. The van der Waals surface area contributed by atoms with Crippen molar-refractivity contribution in [1.29, 1.82) is 0 Å². The van der Waals surface area contributed by atoms with Gasteiger partial charge in [0.05, 0.1) is 0 Å². The van der Waals surface area contributed by atoms with E-state index in [4.69, 9.17) is 5.73 Å². The Hall–Kier alpha value is -0.0900. The van der Waals surface area contributed by atoms with Crippen LogP contribution in [0.5, 0.6) is 0 Å². The number of nitrogens with zero attached hydrogens (tertiary/aromatic N) is 1. The Morgan fingerprint density at radius 1 is 1.47 bits per heavy atom. The second-order valence-corrected chi connectivity index (χ2v) is 6.45. The van der Waals surface area contributed by atoms with Gasteiger partial charge in [0.15, 0.2) is 0 Å². The second-order valence-electron chi connectivity index (χ2n) is 4.99. The average molecular weight is 275 g/mol. The van der Waals surface area contributed by atoms with Gasteiger partial charge in [0.25, 0.3) is 0 Å². The first-order valence-electron chi connectivity index (χ1n) is 6.08. The van der Waals surface area contributed by atoms with E-state index in [1.807, 2.05) is 11.3 Å². The molecule has 1 atom stereocenters. The number of hydrogen-bond donors (Lipinski definition) is 1. The fourth-order valence-corrected chi connectivity index (χ4v) is 3.38. The summed E-state index contributed by atoms with van der Waals surface area (Å²) in [7, 11) is 2.21. The lowest BCUT2D eigenvalue weighted by atomic mass is 10.1. The summed E-state index contributed by atoms with van der Waals surface area (Å²) in [5.74, 6) is 0.857. The van der Waals surface area contributed by atoms with E-state index in [-0.39, 0.29) is 12.4 Å². The smallest absolute Gasteiger partial charge is 0.0247 e. The van der Waals surface area contributed by atoms with E-state index in [1.165, 1.54) is 28.2 Å². The van der Waals surface area contributed by atoms with E-state index in [0.717, 1.165) is 19.0 Å². The molecule has 1 fully saturated rings. The van der Waals surface area contributed by atoms with Gasteiger partial charge in [-0.05, 0) is 51.3 Å². The van der Waals surface area contributed by atoms with Gasteiger partial charge in [0, 0.05) is 28.9 Å². The summed E-state index contributed by atoms with van der Waals surface area (Å²) in [4.78, 5) is 5.30. The lowest BCUT2D eigenvalue weighted by Crippen LogP contribution is -2.39. The van der Waals surface area contributed by atoms with Crippen LogP contribution in [0.2, 0.25) is 0 Å². The van der Waals surface area contributed by atoms with Crippen molar-refractivity contribution in [3.8, 4) is 0 Å². The van der Waals surface area contributed by atoms with E-state index in [1.54, 1.807) is 0 Å². The molecule has 0 aliphatic heterocycles. The van der Waals surface area contributed by atoms with Crippen LogP contribution in [0.25, 0.3) is 0 Å². The van der Waals surface area contributed by atoms with Gasteiger partial charge < -0.3 is 5.73 Å². The Morgan fingerprint density at radius 3 is 2.53 bits per heavy atom. The number of likely N-dealkylation sites (N-methyl/N-ethyl adjacent to an activating group) is 1. The minimum Gasteiger partial charge on any atom is -0.329 e. The van der Waals surface area contributed by atoms with Gasteiger partial charge in [-0.2, -0.15) is 0 Å². The lowest BCUT2D eigenvalue weighted by Gasteiger charge is -2.26. The molecule has 0 saturated heterocycles. The van der Waals surface area contributed by atoms with Gasteiger partial charge in [-0.1, -0.05) is 0 Å². The summed E-state index contributed by atoms with van der Waals surface area (Å²) in [5, 5.41) is 0. The third kappa shape index (κ3) is 3.68. The first-order valence-corrected chi connectivity index (χ1v) is 6.89. The molecule has 0 amide bonds. The fourth-order valence-electron chi connectivity index (χ4n) is 2.44. The Bertz CT molecular complexity index is 360. The van der Waals surface area contributed by atoms with E-state index < -0.39 is 0 Å². The highest BCUT2D eigenvalue weighted by Gasteiger charge is 2.32. The third-order valence-corrected chi connectivity index (χ3v) is 4.55. The SMILES string of the molecule is Cc1cc(CN(C)C(CN)C2CC2)c(C)s1.Cl. The topological polar surface area (TPSA) is 29.3 Å². The van der Waals surface area contributed by atoms with Crippen LogP contribution in [0.3, 0.4) is 0 Å². The highest BCUT2D eigenvalue weighted by Crippen LogP contribution is 2.35. The van der Waals surface area contributed by atoms with Gasteiger partial charge >= 0.3 is 0 Å². The molecular formula is C13H23ClN2S. The van der Waals surface area contributed by atoms with Crippen molar-refractivity contribution in [2.75, 3.05) is 13.6 Å². The largest absolute Gasteiger partial charge is 0.329 e. The molecule has 1 aliphatic rings. The Kier molecular flexibility index (Phi) is 5.45. The molecule has 1 unspecified atom stereocenters. The first kappa shape index (κ1) is 15.0. The predicted molar refractivity (Wildman–Crippen MR) is 78.1 cm³/mol. The van der Waals surface area contributed by atoms with Crippen LogP contribution in [0.15, 0.2) is 6.07 Å². The maximum atomic E-state index is 5.87. The van der Waals surface area contributed by atoms with Crippen LogP contribution in [0, 0.1) is 19.8 Å². The maximum absolute atomic E-state index is 5.87. The van der Waals surface area contributed by atoms with E-state index in [9.17, 15) is 0 Å². The molecular weight excluding hydrogens is 252 g/mol. The van der Waals surface area contributed by atoms with Gasteiger partial charge in [0.2, 0.25) is 0 Å². The fraction of sp³-hybridized carbons (Fsp3) is 0.692. The molecule has 0 aromatic carbocycles. The summed E-state index contributed by atoms with van der Waals surface area (Å²) in [5.41, 5.74) is 7.35. The predicted octanol–water partition coefficient (Wildman–Crippen LogP) is 2.96. The maximum Gasteiger partial charge on any atom is 0.0247 e. The molecule has 0 radical (unpaired) electrons. The molecule has 4 heteroatoms. The van der Waals surface area contributed by atoms with Gasteiger partial charge in [-0.25, -0.2) is 0 Å². The highest BCUT2D eigenvalue weighted by atomic mass is 35.5. The molecule has 1 aromatic rings. The summed E-state index contributed by atoms with van der Waals surface area (Å²) in [6.45, 7) is 6.25. The number of hydrogen-bond acceptors (Lipinski definition) is 3. The van der Waals surface area contributed by atoms with Crippen molar-refractivity contribution < 1.29 is 0 Å². The van der Waals surface area contributed by atoms with E-state index in [0.29, 0.717) is 6.04 Å². The zero-order valence-electron chi connectivity index (χ0n) is 10.9. The number of rotatable bonds is 5. The minimum absolute atomic E-state index is 0. The first-order chi connectivity index (χ1) is 7.61. The Balaban J connectivity index is 0.00000144. The van der Waals surface area contributed by atoms with Crippen molar-refractivity contribution in [2.24, 2.45) is 11.7 Å². The molecule has 2 rings (SSSR count). The monoisotopic (exact) mass is 274 g/mol. The van der Waals surface area contributed by atoms with Gasteiger partial charge in [-0.3, -0.25) is 4.90 Å². The molecule has 1 aliphatic carbocycles. The van der Waals surface area contributed by atoms with Gasteiger partial charge in [-0.15, -0.1) is 23.7 Å². The number of nitrogens with two attached hydrogens (primary N) is 1. The normalized spacial score (nSPS) is 17.0. The summed E-state index contributed by atoms with van der Waals surface area (Å²) >= 11 is 1.90. The molecule has 0 spiro atoms. The van der Waals surface area contributed by atoms with Crippen LogP contribution >= 0.6 is 23.7 Å². The zero-order chi connectivity index (χ0) is 11.7. The summed E-state index contributed by atoms with van der Waals surface area (Å²) in [6.07, 6.45) is 2.74. The number of thiophene rings is 1. The Morgan fingerprint density at radius 2 is 2.12 bits per heavy atom. The van der Waals surface area contributed by atoms with Crippen LogP contribution in [-0.2, 0) is 6.54 Å². The van der Waals surface area contributed by atoms with Crippen molar-refractivity contribution in [1.82, 2.24) is 4.90 Å². The third-order valence-electron chi connectivity index (χ3n) is 3.54. The molecule has 1 saturated carbocycles. The number of aryl methyl sites for hydroxylation is 2. The summed E-state index contributed by atoms with van der Waals surface area (Å²) < 4.78 is 0. The van der Waals surface area contributed by atoms with Crippen molar-refractivity contribution >= 4 is 23.7 Å². The second kappa shape index (κ2) is 6.19. The van der Waals surface area contributed by atoms with Crippen molar-refractivity contribution in [3.05, 3.63) is 21.4 Å². The van der Waals surface area contributed by atoms with Crippen molar-refractivity contribution in [2.45, 2.75) is 39.3 Å². The molecule has 17 heavy (non-hydrogen) atoms. The minimum atomic E-state index is 0. The summed E-state index contributed by atoms with van der Waals surface area (Å²) in [6, 6.07) is 2.90. The molecule has 2 nitrogen and oxygen atoms in total. The Labute approximate surface area is 115 Å². The van der Waals surface area contributed by atoms with Crippen LogP contribution in [0.1, 0.15) is 28.2 Å². The zero-order valence-corrected chi connectivity index (χ0v) is 12.5. The van der Waals surface area contributed by atoms with E-state index in [2.05, 4.69) is 31.9 Å². The molecule has 1 heterocycles. The van der Waals surface area contributed by atoms with Crippen LogP contribution in [0.4, 0.5) is 0 Å². The van der Waals surface area contributed by atoms with Gasteiger partial charge in [0.1, 0.15) is 0 Å². The molecule has 2 N–H and O–H groups in total. The average Bonchev–Trinajstić information content (AvgIpc) is 2.97. The number of halogens is 1. The molecule has 0 bridgehead atoms.